The summed E-state index contributed by atoms with van der Waals surface area (Å²) in [7, 11) is 0. The largest absolute Gasteiger partial charge is 0.457 e. The molecule has 0 bridgehead atoms. The lowest BCUT2D eigenvalue weighted by molar-refractivity contribution is 0.436. The minimum Gasteiger partial charge on any atom is -0.457 e. The third-order valence-electron chi connectivity index (χ3n) is 14.8. The molecular weight excluding hydrogens is 823 g/mol. The van der Waals surface area contributed by atoms with Gasteiger partial charge in [0.05, 0.1) is 22.2 Å². The van der Waals surface area contributed by atoms with Crippen LogP contribution in [0.15, 0.2) is 239 Å². The summed E-state index contributed by atoms with van der Waals surface area (Å²) in [6.07, 6.45) is 0. The van der Waals surface area contributed by atoms with Gasteiger partial charge in [-0.3, -0.25) is 0 Å². The van der Waals surface area contributed by atoms with Gasteiger partial charge in [0.25, 0.3) is 0 Å². The molecule has 2 aliphatic carbocycles. The first kappa shape index (κ1) is 36.3. The predicted octanol–water partition coefficient (Wildman–Crippen LogP) is 16.4. The van der Waals surface area contributed by atoms with Crippen LogP contribution in [0.2, 0.25) is 0 Å². The molecule has 11 aromatic rings. The molecular formula is C62H37NO2S. The number of benzene rings is 10. The lowest BCUT2D eigenvalue weighted by Crippen LogP contribution is -2.32. The molecule has 3 nitrogen and oxygen atoms in total. The molecule has 10 aromatic carbocycles. The average Bonchev–Trinajstić information content (AvgIpc) is 4.00. The minimum absolute atomic E-state index is 0.477. The summed E-state index contributed by atoms with van der Waals surface area (Å²) in [6.45, 7) is 0. The van der Waals surface area contributed by atoms with Crippen molar-refractivity contribution in [2.75, 3.05) is 4.90 Å². The van der Waals surface area contributed by atoms with Gasteiger partial charge >= 0.3 is 0 Å². The first-order chi connectivity index (χ1) is 32.7. The fourth-order valence-electron chi connectivity index (χ4n) is 12.4. The smallest absolute Gasteiger partial charge is 0.159 e. The van der Waals surface area contributed by atoms with Crippen molar-refractivity contribution in [3.8, 4) is 33.8 Å². The zero-order valence-electron chi connectivity index (χ0n) is 35.5. The Labute approximate surface area is 386 Å². The van der Waals surface area contributed by atoms with E-state index in [4.69, 9.17) is 9.15 Å². The van der Waals surface area contributed by atoms with E-state index in [0.717, 1.165) is 61.6 Å². The van der Waals surface area contributed by atoms with Crippen LogP contribution in [0.3, 0.4) is 0 Å². The van der Waals surface area contributed by atoms with Gasteiger partial charge in [0.2, 0.25) is 0 Å². The van der Waals surface area contributed by atoms with Crippen LogP contribution in [0.4, 0.5) is 17.1 Å². The van der Waals surface area contributed by atoms with Gasteiger partial charge < -0.3 is 14.1 Å². The van der Waals surface area contributed by atoms with Gasteiger partial charge in [0.15, 0.2) is 5.58 Å². The van der Waals surface area contributed by atoms with Gasteiger partial charge in [-0.25, -0.2) is 0 Å². The van der Waals surface area contributed by atoms with E-state index in [-0.39, 0.29) is 0 Å². The maximum absolute atomic E-state index is 6.96. The van der Waals surface area contributed by atoms with Crippen LogP contribution < -0.4 is 9.64 Å². The Kier molecular flexibility index (Phi) is 7.29. The van der Waals surface area contributed by atoms with Crippen LogP contribution >= 0.6 is 11.8 Å². The molecule has 0 fully saturated rings. The molecule has 0 N–H and O–H groups in total. The van der Waals surface area contributed by atoms with Gasteiger partial charge in [-0.2, -0.15) is 0 Å². The zero-order valence-corrected chi connectivity index (χ0v) is 36.4. The highest BCUT2D eigenvalue weighted by molar-refractivity contribution is 7.99. The normalized spacial score (nSPS) is 14.7. The Balaban J connectivity index is 1.05. The van der Waals surface area contributed by atoms with Crippen molar-refractivity contribution < 1.29 is 9.15 Å². The van der Waals surface area contributed by atoms with E-state index in [1.54, 1.807) is 0 Å². The van der Waals surface area contributed by atoms with Gasteiger partial charge in [-0.1, -0.05) is 182 Å². The number of furan rings is 1. The second-order valence-corrected chi connectivity index (χ2v) is 18.9. The highest BCUT2D eigenvalue weighted by atomic mass is 32.2. The van der Waals surface area contributed by atoms with Crippen molar-refractivity contribution in [1.82, 2.24) is 0 Å². The molecule has 3 heterocycles. The number of fused-ring (bicyclic) bond motifs is 21. The molecule has 0 radical (unpaired) electrons. The summed E-state index contributed by atoms with van der Waals surface area (Å²) < 4.78 is 13.7. The molecule has 4 aliphatic rings. The summed E-state index contributed by atoms with van der Waals surface area (Å²) in [5.74, 6) is 1.76. The summed E-state index contributed by atoms with van der Waals surface area (Å²) in [5, 5.41) is 2.19. The summed E-state index contributed by atoms with van der Waals surface area (Å²) in [5.41, 5.74) is 18.7. The van der Waals surface area contributed by atoms with Gasteiger partial charge in [0, 0.05) is 42.9 Å². The molecule has 15 rings (SSSR count). The summed E-state index contributed by atoms with van der Waals surface area (Å²) >= 11 is 1.88. The van der Waals surface area contributed by atoms with E-state index in [1.807, 2.05) is 11.8 Å². The monoisotopic (exact) mass is 859 g/mol. The van der Waals surface area contributed by atoms with E-state index < -0.39 is 10.8 Å². The molecule has 0 amide bonds. The maximum atomic E-state index is 6.96. The van der Waals surface area contributed by atoms with Crippen LogP contribution in [-0.4, -0.2) is 0 Å². The van der Waals surface area contributed by atoms with Crippen LogP contribution in [0, 0.1) is 0 Å². The highest BCUT2D eigenvalue weighted by Gasteiger charge is 2.53. The minimum atomic E-state index is -0.618. The number of para-hydroxylation sites is 4. The number of ether oxygens (including phenoxy) is 1. The number of anilines is 3. The lowest BCUT2D eigenvalue weighted by atomic mass is 9.66. The third kappa shape index (κ3) is 4.49. The van der Waals surface area contributed by atoms with Crippen LogP contribution in [-0.2, 0) is 10.8 Å². The Morgan fingerprint density at radius 2 is 0.879 bits per heavy atom. The van der Waals surface area contributed by atoms with Gasteiger partial charge in [0.1, 0.15) is 17.1 Å². The Hall–Kier alpha value is -8.05. The number of rotatable bonds is 3. The summed E-state index contributed by atoms with van der Waals surface area (Å²) in [4.78, 5) is 5.07. The Morgan fingerprint density at radius 3 is 1.62 bits per heavy atom. The first-order valence-electron chi connectivity index (χ1n) is 22.7. The van der Waals surface area contributed by atoms with E-state index in [0.29, 0.717) is 0 Å². The highest BCUT2D eigenvalue weighted by Crippen LogP contribution is 2.66. The van der Waals surface area contributed by atoms with E-state index in [2.05, 4.69) is 229 Å². The van der Waals surface area contributed by atoms with Crippen LogP contribution in [0.5, 0.6) is 11.5 Å². The van der Waals surface area contributed by atoms with Crippen molar-refractivity contribution in [3.05, 3.63) is 269 Å². The SMILES string of the molecule is c1ccc2c(c1)Oc1ccccc1C21c2ccccc2-c2c(N(c3ccc4c(c3)-c3ccccc3C43c4ccccc4Sc4ccccc43)c3cccc4c3oc3ccccc34)cccc21. The van der Waals surface area contributed by atoms with Gasteiger partial charge in [-0.05, 0) is 105 Å². The van der Waals surface area contributed by atoms with E-state index in [9.17, 15) is 0 Å². The van der Waals surface area contributed by atoms with Crippen molar-refractivity contribution in [3.63, 3.8) is 0 Å². The van der Waals surface area contributed by atoms with Crippen LogP contribution in [0.25, 0.3) is 44.2 Å². The second-order valence-electron chi connectivity index (χ2n) is 17.8. The molecule has 2 aliphatic heterocycles. The number of hydrogen-bond donors (Lipinski definition) is 0. The molecule has 0 saturated carbocycles. The van der Waals surface area contributed by atoms with Crippen molar-refractivity contribution in [2.24, 2.45) is 0 Å². The molecule has 0 unspecified atom stereocenters. The lowest BCUT2D eigenvalue weighted by Gasteiger charge is -2.40. The molecule has 0 atom stereocenters. The van der Waals surface area contributed by atoms with E-state index in [1.165, 1.54) is 65.4 Å². The average molecular weight is 860 g/mol. The fraction of sp³-hybridized carbons (Fsp3) is 0.0323. The van der Waals surface area contributed by atoms with Gasteiger partial charge in [-0.15, -0.1) is 0 Å². The van der Waals surface area contributed by atoms with Crippen LogP contribution in [0.1, 0.15) is 44.5 Å². The van der Waals surface area contributed by atoms with Crippen molar-refractivity contribution in [2.45, 2.75) is 20.6 Å². The first-order valence-corrected chi connectivity index (χ1v) is 23.5. The van der Waals surface area contributed by atoms with Crippen molar-refractivity contribution in [1.29, 1.82) is 0 Å². The number of hydrogen-bond acceptors (Lipinski definition) is 4. The Morgan fingerprint density at radius 1 is 0.364 bits per heavy atom. The Bertz CT molecular complexity index is 3790. The zero-order chi connectivity index (χ0) is 43.1. The molecule has 2 spiro atoms. The maximum Gasteiger partial charge on any atom is 0.159 e. The quantitative estimate of drug-likeness (QED) is 0.177. The third-order valence-corrected chi connectivity index (χ3v) is 16.0. The standard InChI is InChI=1S/C62H37NO2S/c1-4-21-44-39(17-1)43-37-38(35-36-46(43)61(44)49-25-8-13-33-57(49)66-58-34-14-9-26-50(58)61)63(53-29-15-20-41-40-18-3-10-30-54(40)65-60(41)53)52-28-16-27-51-59(52)42-19-2-5-22-45(42)62(51)47-23-6-11-31-55(47)64-56-32-12-7-24-48(56)62/h1-37H. The summed E-state index contributed by atoms with van der Waals surface area (Å²) in [6, 6.07) is 82.4. The molecule has 1 aromatic heterocycles. The van der Waals surface area contributed by atoms with Crippen molar-refractivity contribution >= 4 is 50.8 Å². The molecule has 4 heteroatoms. The topological polar surface area (TPSA) is 25.6 Å². The molecule has 308 valence electrons. The molecule has 0 saturated heterocycles. The predicted molar refractivity (Wildman–Crippen MR) is 267 cm³/mol. The second kappa shape index (κ2) is 13.3. The fourth-order valence-corrected chi connectivity index (χ4v) is 13.6. The number of nitrogens with zero attached hydrogens (tertiary/aromatic N) is 1. The van der Waals surface area contributed by atoms with E-state index >= 15 is 0 Å². The molecule has 66 heavy (non-hydrogen) atoms.